The number of nitrogen functional groups attached to an aromatic ring is 1. The van der Waals surface area contributed by atoms with Gasteiger partial charge >= 0.3 is 0 Å². The Balaban J connectivity index is 3.19. The fourth-order valence-electron chi connectivity index (χ4n) is 0.677. The van der Waals surface area contributed by atoms with Gasteiger partial charge in [-0.25, -0.2) is 0 Å². The first-order valence-corrected chi connectivity index (χ1v) is 3.59. The first-order chi connectivity index (χ1) is 4.74. The van der Waals surface area contributed by atoms with Gasteiger partial charge in [-0.3, -0.25) is 0 Å². The topological polar surface area (TPSA) is 49.9 Å². The normalized spacial score (nSPS) is 9.30. The summed E-state index contributed by atoms with van der Waals surface area (Å²) in [7, 11) is 0. The van der Waals surface area contributed by atoms with E-state index in [1.54, 1.807) is 12.1 Å². The van der Waals surface area contributed by atoms with Gasteiger partial charge < -0.3 is 11.1 Å². The molecule has 0 atom stereocenters. The van der Waals surface area contributed by atoms with Crippen LogP contribution in [0.5, 0.6) is 0 Å². The predicted molar refractivity (Wildman–Crippen MR) is 46.4 cm³/mol. The van der Waals surface area contributed by atoms with Crippen molar-refractivity contribution in [3.05, 3.63) is 28.2 Å². The number of hydrogen-bond acceptors (Lipinski definition) is 2. The molecule has 0 radical (unpaired) electrons. The molecule has 0 heterocycles. The van der Waals surface area contributed by atoms with Crippen molar-refractivity contribution in [3.8, 4) is 0 Å². The van der Waals surface area contributed by atoms with E-state index >= 15 is 0 Å². The first kappa shape index (κ1) is 7.28. The van der Waals surface area contributed by atoms with Gasteiger partial charge in [-0.15, -0.1) is 0 Å². The quantitative estimate of drug-likeness (QED) is 0.527. The van der Waals surface area contributed by atoms with E-state index in [1.807, 2.05) is 6.07 Å². The molecule has 0 aliphatic heterocycles. The predicted octanol–water partition coefficient (Wildman–Crippen LogP) is 2.03. The summed E-state index contributed by atoms with van der Waals surface area (Å²) >= 11 is 3.27. The van der Waals surface area contributed by atoms with Crippen LogP contribution in [0.25, 0.3) is 0 Å². The van der Waals surface area contributed by atoms with Gasteiger partial charge in [0.05, 0.1) is 0 Å². The number of hydrogen-bond donors (Lipinski definition) is 2. The fraction of sp³-hybridized carbons (Fsp3) is 0. The molecule has 0 aliphatic rings. The first-order valence-electron chi connectivity index (χ1n) is 2.79. The minimum atomic E-state index is 0.629. The molecule has 1 rings (SSSR count). The summed E-state index contributed by atoms with van der Waals surface area (Å²) in [5.74, 6) is 0. The summed E-state index contributed by atoms with van der Waals surface area (Å²) in [6, 6.07) is 5.43. The average molecular weight is 199 g/mol. The summed E-state index contributed by atoms with van der Waals surface area (Å²) in [5.41, 5.74) is 6.93. The van der Waals surface area contributed by atoms with Crippen molar-refractivity contribution in [1.29, 1.82) is 5.41 Å². The molecular formula is C7H7BrN2. The van der Waals surface area contributed by atoms with Crippen LogP contribution < -0.4 is 5.73 Å². The lowest BCUT2D eigenvalue weighted by molar-refractivity contribution is 1.53. The third-order valence-corrected chi connectivity index (χ3v) is 1.70. The van der Waals surface area contributed by atoms with Gasteiger partial charge in [0.1, 0.15) is 0 Å². The van der Waals surface area contributed by atoms with Gasteiger partial charge in [0, 0.05) is 21.9 Å². The molecule has 0 unspecified atom stereocenters. The zero-order valence-corrected chi connectivity index (χ0v) is 6.85. The SMILES string of the molecule is N=Cc1ccc(Br)cc1N. The van der Waals surface area contributed by atoms with E-state index in [1.165, 1.54) is 6.21 Å². The highest BCUT2D eigenvalue weighted by Gasteiger charge is 1.93. The van der Waals surface area contributed by atoms with Gasteiger partial charge in [-0.2, -0.15) is 0 Å². The van der Waals surface area contributed by atoms with Crippen LogP contribution in [0.15, 0.2) is 22.7 Å². The maximum atomic E-state index is 6.93. The van der Waals surface area contributed by atoms with Crippen LogP contribution in [0.1, 0.15) is 5.56 Å². The molecule has 1 aromatic rings. The fourth-order valence-corrected chi connectivity index (χ4v) is 1.06. The highest BCUT2D eigenvalue weighted by molar-refractivity contribution is 9.10. The van der Waals surface area contributed by atoms with Crippen LogP contribution in [0.4, 0.5) is 5.69 Å². The summed E-state index contributed by atoms with van der Waals surface area (Å²) in [6.45, 7) is 0. The van der Waals surface area contributed by atoms with Crippen LogP contribution in [-0.4, -0.2) is 6.21 Å². The monoisotopic (exact) mass is 198 g/mol. The van der Waals surface area contributed by atoms with Crippen LogP contribution in [0, 0.1) is 5.41 Å². The Bertz CT molecular complexity index is 258. The average Bonchev–Trinajstić information content (AvgIpc) is 1.88. The van der Waals surface area contributed by atoms with Crippen molar-refractivity contribution in [2.75, 3.05) is 5.73 Å². The van der Waals surface area contributed by atoms with Crippen molar-refractivity contribution in [2.45, 2.75) is 0 Å². The smallest absolute Gasteiger partial charge is 0.0414 e. The number of nitrogens with two attached hydrogens (primary N) is 1. The van der Waals surface area contributed by atoms with Gasteiger partial charge in [0.15, 0.2) is 0 Å². The molecule has 3 N–H and O–H groups in total. The second-order valence-corrected chi connectivity index (χ2v) is 2.83. The van der Waals surface area contributed by atoms with Crippen LogP contribution in [0.3, 0.4) is 0 Å². The summed E-state index contributed by atoms with van der Waals surface area (Å²) in [5, 5.41) is 6.93. The zero-order chi connectivity index (χ0) is 7.56. The highest BCUT2D eigenvalue weighted by atomic mass is 79.9. The Labute approximate surface area is 67.7 Å². The molecule has 1 aromatic carbocycles. The molecule has 0 spiro atoms. The molecular weight excluding hydrogens is 192 g/mol. The highest BCUT2D eigenvalue weighted by Crippen LogP contribution is 2.16. The second kappa shape index (κ2) is 2.84. The van der Waals surface area contributed by atoms with Gasteiger partial charge in [0.2, 0.25) is 0 Å². The second-order valence-electron chi connectivity index (χ2n) is 1.92. The Morgan fingerprint density at radius 3 is 2.70 bits per heavy atom. The Morgan fingerprint density at radius 1 is 1.50 bits per heavy atom. The Kier molecular flexibility index (Phi) is 2.06. The van der Waals surface area contributed by atoms with E-state index in [9.17, 15) is 0 Å². The van der Waals surface area contributed by atoms with Crippen LogP contribution in [-0.2, 0) is 0 Å². The van der Waals surface area contributed by atoms with E-state index in [0.717, 1.165) is 10.0 Å². The van der Waals surface area contributed by atoms with Crippen molar-refractivity contribution < 1.29 is 0 Å². The number of nitrogens with one attached hydrogen (secondary N) is 1. The van der Waals surface area contributed by atoms with Crippen molar-refractivity contribution in [1.82, 2.24) is 0 Å². The molecule has 52 valence electrons. The maximum Gasteiger partial charge on any atom is 0.0414 e. The van der Waals surface area contributed by atoms with Crippen LogP contribution in [0.2, 0.25) is 0 Å². The largest absolute Gasteiger partial charge is 0.398 e. The summed E-state index contributed by atoms with van der Waals surface area (Å²) in [6.07, 6.45) is 1.24. The zero-order valence-electron chi connectivity index (χ0n) is 5.26. The number of rotatable bonds is 1. The molecule has 0 amide bonds. The van der Waals surface area contributed by atoms with Gasteiger partial charge in [0.25, 0.3) is 0 Å². The van der Waals surface area contributed by atoms with Crippen molar-refractivity contribution in [2.24, 2.45) is 0 Å². The molecule has 10 heavy (non-hydrogen) atoms. The summed E-state index contributed by atoms with van der Waals surface area (Å²) < 4.78 is 0.940. The van der Waals surface area contributed by atoms with Crippen molar-refractivity contribution in [3.63, 3.8) is 0 Å². The summed E-state index contributed by atoms with van der Waals surface area (Å²) in [4.78, 5) is 0. The lowest BCUT2D eigenvalue weighted by Gasteiger charge is -1.97. The molecule has 0 saturated heterocycles. The number of anilines is 1. The molecule has 0 aromatic heterocycles. The van der Waals surface area contributed by atoms with Gasteiger partial charge in [-0.1, -0.05) is 22.0 Å². The van der Waals surface area contributed by atoms with E-state index < -0.39 is 0 Å². The molecule has 2 nitrogen and oxygen atoms in total. The van der Waals surface area contributed by atoms with Gasteiger partial charge in [-0.05, 0) is 12.1 Å². The minimum absolute atomic E-state index is 0.629. The van der Waals surface area contributed by atoms with E-state index in [0.29, 0.717) is 5.69 Å². The molecule has 0 aliphatic carbocycles. The third kappa shape index (κ3) is 1.36. The standard InChI is InChI=1S/C7H7BrN2/c8-6-2-1-5(4-9)7(10)3-6/h1-4,9H,10H2. The molecule has 0 bridgehead atoms. The lowest BCUT2D eigenvalue weighted by Crippen LogP contribution is -1.91. The molecule has 0 fully saturated rings. The minimum Gasteiger partial charge on any atom is -0.398 e. The lowest BCUT2D eigenvalue weighted by atomic mass is 10.2. The molecule has 0 saturated carbocycles. The number of benzene rings is 1. The molecule has 3 heteroatoms. The third-order valence-electron chi connectivity index (χ3n) is 1.20. The van der Waals surface area contributed by atoms with E-state index in [4.69, 9.17) is 11.1 Å². The Morgan fingerprint density at radius 2 is 2.20 bits per heavy atom. The van der Waals surface area contributed by atoms with Crippen LogP contribution >= 0.6 is 15.9 Å². The van der Waals surface area contributed by atoms with E-state index in [2.05, 4.69) is 15.9 Å². The van der Waals surface area contributed by atoms with Crippen molar-refractivity contribution >= 4 is 27.8 Å². The Hall–Kier alpha value is -0.830. The maximum absolute atomic E-state index is 6.93. The van der Waals surface area contributed by atoms with E-state index in [-0.39, 0.29) is 0 Å². The number of halogens is 1.